The topological polar surface area (TPSA) is 41.6 Å². The number of carbonyl (C=O) groups excluding carboxylic acids is 1. The van der Waals surface area contributed by atoms with Gasteiger partial charge in [0.15, 0.2) is 0 Å². The van der Waals surface area contributed by atoms with Crippen LogP contribution in [0, 0.1) is 0 Å². The lowest BCUT2D eigenvalue weighted by Crippen LogP contribution is -2.47. The Balaban J connectivity index is 1.37. The van der Waals surface area contributed by atoms with Crippen molar-refractivity contribution >= 4 is 5.91 Å². The SMILES string of the molecule is C[C@@H](OCc1ccccc1)C(=O)NC1CCN(C2CC2)CC1. The third-order valence-corrected chi connectivity index (χ3v) is 4.65. The first-order valence-electron chi connectivity index (χ1n) is 8.42. The molecule has 4 heteroatoms. The van der Waals surface area contributed by atoms with Crippen molar-refractivity contribution in [3.63, 3.8) is 0 Å². The predicted molar refractivity (Wildman–Crippen MR) is 86.5 cm³/mol. The molecular weight excluding hydrogens is 276 g/mol. The molecule has 0 bridgehead atoms. The van der Waals surface area contributed by atoms with Crippen LogP contribution in [0.1, 0.15) is 38.2 Å². The number of benzene rings is 1. The normalized spacial score (nSPS) is 21.5. The molecule has 1 heterocycles. The fourth-order valence-corrected chi connectivity index (χ4v) is 3.04. The number of rotatable bonds is 6. The van der Waals surface area contributed by atoms with E-state index in [0.29, 0.717) is 12.6 Å². The molecular formula is C18H26N2O2. The van der Waals surface area contributed by atoms with E-state index < -0.39 is 6.10 Å². The molecule has 0 aromatic heterocycles. The van der Waals surface area contributed by atoms with Crippen LogP contribution in [0.2, 0.25) is 0 Å². The van der Waals surface area contributed by atoms with Crippen molar-refractivity contribution in [2.24, 2.45) is 0 Å². The van der Waals surface area contributed by atoms with Gasteiger partial charge in [0.2, 0.25) is 5.91 Å². The van der Waals surface area contributed by atoms with Crippen LogP contribution in [0.4, 0.5) is 0 Å². The Labute approximate surface area is 132 Å². The van der Waals surface area contributed by atoms with Crippen molar-refractivity contribution in [2.75, 3.05) is 13.1 Å². The lowest BCUT2D eigenvalue weighted by atomic mass is 10.0. The smallest absolute Gasteiger partial charge is 0.249 e. The highest BCUT2D eigenvalue weighted by Gasteiger charge is 2.32. The summed E-state index contributed by atoms with van der Waals surface area (Å²) in [7, 11) is 0. The second kappa shape index (κ2) is 7.25. The van der Waals surface area contributed by atoms with Gasteiger partial charge in [-0.1, -0.05) is 30.3 Å². The maximum atomic E-state index is 12.2. The Morgan fingerprint density at radius 1 is 1.23 bits per heavy atom. The zero-order valence-corrected chi connectivity index (χ0v) is 13.3. The summed E-state index contributed by atoms with van der Waals surface area (Å²) in [6, 6.07) is 11.1. The molecule has 120 valence electrons. The largest absolute Gasteiger partial charge is 0.364 e. The Morgan fingerprint density at radius 3 is 2.55 bits per heavy atom. The molecule has 1 aromatic rings. The fraction of sp³-hybridized carbons (Fsp3) is 0.611. The molecule has 0 radical (unpaired) electrons. The second-order valence-electron chi connectivity index (χ2n) is 6.49. The number of hydrogen-bond donors (Lipinski definition) is 1. The van der Waals surface area contributed by atoms with Crippen molar-refractivity contribution in [3.8, 4) is 0 Å². The third kappa shape index (κ3) is 4.31. The quantitative estimate of drug-likeness (QED) is 0.877. The third-order valence-electron chi connectivity index (χ3n) is 4.65. The molecule has 2 aliphatic rings. The summed E-state index contributed by atoms with van der Waals surface area (Å²) in [5.41, 5.74) is 1.10. The van der Waals surface area contributed by atoms with E-state index in [1.54, 1.807) is 0 Å². The number of nitrogens with one attached hydrogen (secondary N) is 1. The highest BCUT2D eigenvalue weighted by atomic mass is 16.5. The first-order chi connectivity index (χ1) is 10.7. The van der Waals surface area contributed by atoms with Gasteiger partial charge in [-0.3, -0.25) is 4.79 Å². The molecule has 0 unspecified atom stereocenters. The average Bonchev–Trinajstić information content (AvgIpc) is 3.39. The van der Waals surface area contributed by atoms with E-state index in [2.05, 4.69) is 10.2 Å². The van der Waals surface area contributed by atoms with Crippen LogP contribution in [0.5, 0.6) is 0 Å². The molecule has 1 amide bonds. The molecule has 22 heavy (non-hydrogen) atoms. The van der Waals surface area contributed by atoms with E-state index in [1.165, 1.54) is 12.8 Å². The van der Waals surface area contributed by atoms with Crippen LogP contribution in [-0.2, 0) is 16.1 Å². The summed E-state index contributed by atoms with van der Waals surface area (Å²) in [4.78, 5) is 14.8. The maximum absolute atomic E-state index is 12.2. The van der Waals surface area contributed by atoms with Gasteiger partial charge in [0.05, 0.1) is 6.61 Å². The van der Waals surface area contributed by atoms with Crippen molar-refractivity contribution in [1.29, 1.82) is 0 Å². The highest BCUT2D eigenvalue weighted by molar-refractivity contribution is 5.80. The predicted octanol–water partition coefficient (Wildman–Crippen LogP) is 2.33. The van der Waals surface area contributed by atoms with Gasteiger partial charge in [-0.05, 0) is 38.2 Å². The minimum absolute atomic E-state index is 0.0146. The standard InChI is InChI=1S/C18H26N2O2/c1-14(22-13-15-5-3-2-4-6-15)18(21)19-16-9-11-20(12-10-16)17-7-8-17/h2-6,14,16-17H,7-13H2,1H3,(H,19,21)/t14-/m1/s1. The Morgan fingerprint density at radius 2 is 1.91 bits per heavy atom. The fourth-order valence-electron chi connectivity index (χ4n) is 3.04. The Bertz CT molecular complexity index is 479. The lowest BCUT2D eigenvalue weighted by molar-refractivity contribution is -0.133. The summed E-state index contributed by atoms with van der Waals surface area (Å²) in [6.45, 7) is 4.55. The molecule has 3 rings (SSSR count). The number of likely N-dealkylation sites (tertiary alicyclic amines) is 1. The number of hydrogen-bond acceptors (Lipinski definition) is 3. The van der Waals surface area contributed by atoms with Gasteiger partial charge in [0, 0.05) is 25.2 Å². The molecule has 4 nitrogen and oxygen atoms in total. The van der Waals surface area contributed by atoms with Gasteiger partial charge in [-0.15, -0.1) is 0 Å². The minimum atomic E-state index is -0.401. The first-order valence-corrected chi connectivity index (χ1v) is 8.42. The molecule has 1 aromatic carbocycles. The molecule has 1 N–H and O–H groups in total. The Kier molecular flexibility index (Phi) is 5.11. The van der Waals surface area contributed by atoms with Crippen LogP contribution >= 0.6 is 0 Å². The van der Waals surface area contributed by atoms with Gasteiger partial charge in [-0.25, -0.2) is 0 Å². The van der Waals surface area contributed by atoms with Crippen molar-refractivity contribution in [3.05, 3.63) is 35.9 Å². The Hall–Kier alpha value is -1.39. The van der Waals surface area contributed by atoms with E-state index in [4.69, 9.17) is 4.74 Å². The molecule has 2 fully saturated rings. The summed E-state index contributed by atoms with van der Waals surface area (Å²) in [5, 5.41) is 3.14. The number of ether oxygens (including phenoxy) is 1. The van der Waals surface area contributed by atoms with Crippen molar-refractivity contribution in [2.45, 2.75) is 57.4 Å². The second-order valence-corrected chi connectivity index (χ2v) is 6.49. The van der Waals surface area contributed by atoms with Crippen LogP contribution in [0.3, 0.4) is 0 Å². The molecule has 0 spiro atoms. The van der Waals surface area contributed by atoms with Gasteiger partial charge in [-0.2, -0.15) is 0 Å². The number of carbonyl (C=O) groups is 1. The van der Waals surface area contributed by atoms with Gasteiger partial charge in [0.25, 0.3) is 0 Å². The van der Waals surface area contributed by atoms with Gasteiger partial charge in [0.1, 0.15) is 6.10 Å². The lowest BCUT2D eigenvalue weighted by Gasteiger charge is -2.32. The van der Waals surface area contributed by atoms with Crippen LogP contribution < -0.4 is 5.32 Å². The molecule has 1 aliphatic carbocycles. The zero-order valence-electron chi connectivity index (χ0n) is 13.3. The molecule has 1 aliphatic heterocycles. The van der Waals surface area contributed by atoms with E-state index >= 15 is 0 Å². The van der Waals surface area contributed by atoms with E-state index in [0.717, 1.165) is 37.5 Å². The number of amides is 1. The van der Waals surface area contributed by atoms with E-state index in [1.807, 2.05) is 37.3 Å². The van der Waals surface area contributed by atoms with Crippen molar-refractivity contribution < 1.29 is 9.53 Å². The van der Waals surface area contributed by atoms with Crippen LogP contribution in [0.25, 0.3) is 0 Å². The molecule has 1 saturated carbocycles. The molecule has 1 saturated heterocycles. The van der Waals surface area contributed by atoms with Crippen LogP contribution in [0.15, 0.2) is 30.3 Å². The minimum Gasteiger partial charge on any atom is -0.364 e. The van der Waals surface area contributed by atoms with Crippen LogP contribution in [-0.4, -0.2) is 42.1 Å². The summed E-state index contributed by atoms with van der Waals surface area (Å²) in [6.07, 6.45) is 4.45. The highest BCUT2D eigenvalue weighted by Crippen LogP contribution is 2.29. The van der Waals surface area contributed by atoms with Gasteiger partial charge < -0.3 is 15.0 Å². The summed E-state index contributed by atoms with van der Waals surface area (Å²) < 4.78 is 5.68. The maximum Gasteiger partial charge on any atom is 0.249 e. The first kappa shape index (κ1) is 15.5. The number of nitrogens with zero attached hydrogens (tertiary/aromatic N) is 1. The average molecular weight is 302 g/mol. The molecule has 1 atom stereocenters. The van der Waals surface area contributed by atoms with Gasteiger partial charge >= 0.3 is 0 Å². The van der Waals surface area contributed by atoms with E-state index in [9.17, 15) is 4.79 Å². The van der Waals surface area contributed by atoms with E-state index in [-0.39, 0.29) is 5.91 Å². The van der Waals surface area contributed by atoms with Crippen molar-refractivity contribution in [1.82, 2.24) is 10.2 Å². The monoisotopic (exact) mass is 302 g/mol. The number of piperidine rings is 1. The summed E-state index contributed by atoms with van der Waals surface area (Å²) >= 11 is 0. The summed E-state index contributed by atoms with van der Waals surface area (Å²) in [5.74, 6) is 0.0146. The zero-order chi connectivity index (χ0) is 15.4.